The lowest BCUT2D eigenvalue weighted by atomic mass is 10.1. The molecule has 1 amide bonds. The van der Waals surface area contributed by atoms with Crippen LogP contribution >= 0.6 is 0 Å². The molecule has 1 aliphatic heterocycles. The third-order valence-electron chi connectivity index (χ3n) is 3.39. The fraction of sp³-hybridized carbons (Fsp3) is 0.533. The molecule has 1 saturated heterocycles. The molecule has 0 aromatic heterocycles. The van der Waals surface area contributed by atoms with Crippen molar-refractivity contribution in [1.29, 1.82) is 0 Å². The van der Waals surface area contributed by atoms with Gasteiger partial charge in [-0.3, -0.25) is 4.79 Å². The number of piperidine rings is 1. The van der Waals surface area contributed by atoms with Crippen LogP contribution in [0.5, 0.6) is 0 Å². The molecule has 0 aliphatic carbocycles. The van der Waals surface area contributed by atoms with Gasteiger partial charge in [0.05, 0.1) is 25.7 Å². The lowest BCUT2D eigenvalue weighted by Gasteiger charge is -2.22. The average molecular weight is 278 g/mol. The first kappa shape index (κ1) is 15.0. The normalized spacial score (nSPS) is 16.1. The van der Waals surface area contributed by atoms with E-state index in [4.69, 9.17) is 9.84 Å². The van der Waals surface area contributed by atoms with E-state index in [1.807, 2.05) is 0 Å². The number of rotatable bonds is 6. The molecular weight excluding hydrogens is 256 g/mol. The number of hydrogen-bond donors (Lipinski definition) is 3. The Labute approximate surface area is 119 Å². The van der Waals surface area contributed by atoms with Crippen LogP contribution in [0, 0.1) is 0 Å². The van der Waals surface area contributed by atoms with Crippen molar-refractivity contribution in [2.45, 2.75) is 32.0 Å². The summed E-state index contributed by atoms with van der Waals surface area (Å²) in [6.07, 6.45) is 2.69. The number of ether oxygens (including phenoxy) is 1. The minimum absolute atomic E-state index is 0.0122. The molecule has 0 unspecified atom stereocenters. The van der Waals surface area contributed by atoms with E-state index in [-0.39, 0.29) is 18.6 Å². The molecule has 110 valence electrons. The van der Waals surface area contributed by atoms with E-state index < -0.39 is 0 Å². The Morgan fingerprint density at radius 2 is 2.00 bits per heavy atom. The van der Waals surface area contributed by atoms with E-state index in [1.54, 1.807) is 24.3 Å². The summed E-state index contributed by atoms with van der Waals surface area (Å²) >= 11 is 0. The van der Waals surface area contributed by atoms with Crippen molar-refractivity contribution < 1.29 is 14.6 Å². The Hall–Kier alpha value is -1.43. The largest absolute Gasteiger partial charge is 0.392 e. The van der Waals surface area contributed by atoms with Crippen molar-refractivity contribution in [3.63, 3.8) is 0 Å². The number of benzene rings is 1. The first-order valence-electron chi connectivity index (χ1n) is 7.10. The van der Waals surface area contributed by atoms with Crippen LogP contribution in [-0.2, 0) is 16.1 Å². The zero-order valence-corrected chi connectivity index (χ0v) is 11.6. The van der Waals surface area contributed by atoms with Crippen LogP contribution in [0.2, 0.25) is 0 Å². The smallest absolute Gasteiger partial charge is 0.226 e. The van der Waals surface area contributed by atoms with Gasteiger partial charge in [-0.05, 0) is 43.6 Å². The van der Waals surface area contributed by atoms with Crippen molar-refractivity contribution >= 4 is 11.6 Å². The first-order chi connectivity index (χ1) is 9.78. The fourth-order valence-corrected chi connectivity index (χ4v) is 2.20. The number of carbonyl (C=O) groups excluding carboxylic acids is 1. The molecule has 0 spiro atoms. The molecule has 0 radical (unpaired) electrons. The number of aliphatic hydroxyl groups is 1. The summed E-state index contributed by atoms with van der Waals surface area (Å²) in [6, 6.07) is 7.16. The van der Waals surface area contributed by atoms with Gasteiger partial charge in [0.2, 0.25) is 5.91 Å². The van der Waals surface area contributed by atoms with Gasteiger partial charge in [0, 0.05) is 5.69 Å². The molecule has 3 N–H and O–H groups in total. The van der Waals surface area contributed by atoms with E-state index in [2.05, 4.69) is 10.6 Å². The number of nitrogens with one attached hydrogen (secondary N) is 2. The van der Waals surface area contributed by atoms with Crippen molar-refractivity contribution in [1.82, 2.24) is 5.32 Å². The molecule has 1 aromatic carbocycles. The molecule has 5 heteroatoms. The third-order valence-corrected chi connectivity index (χ3v) is 3.39. The highest BCUT2D eigenvalue weighted by molar-refractivity contribution is 5.90. The summed E-state index contributed by atoms with van der Waals surface area (Å²) in [6.45, 7) is 2.46. The van der Waals surface area contributed by atoms with E-state index in [0.29, 0.717) is 13.0 Å². The van der Waals surface area contributed by atoms with Crippen molar-refractivity contribution in [3.8, 4) is 0 Å². The van der Waals surface area contributed by atoms with Gasteiger partial charge >= 0.3 is 0 Å². The summed E-state index contributed by atoms with van der Waals surface area (Å²) in [5.41, 5.74) is 1.58. The molecule has 1 aromatic rings. The van der Waals surface area contributed by atoms with Crippen molar-refractivity contribution in [2.24, 2.45) is 0 Å². The molecule has 0 atom stereocenters. The van der Waals surface area contributed by atoms with Gasteiger partial charge in [0.15, 0.2) is 0 Å². The molecular formula is C15H22N2O3. The van der Waals surface area contributed by atoms with Gasteiger partial charge in [0.1, 0.15) is 0 Å². The van der Waals surface area contributed by atoms with E-state index in [9.17, 15) is 4.79 Å². The Balaban J connectivity index is 1.66. The second-order valence-electron chi connectivity index (χ2n) is 4.97. The van der Waals surface area contributed by atoms with E-state index in [1.165, 1.54) is 0 Å². The van der Waals surface area contributed by atoms with Gasteiger partial charge in [0.25, 0.3) is 0 Å². The Bertz CT molecular complexity index is 414. The van der Waals surface area contributed by atoms with Crippen LogP contribution in [0.15, 0.2) is 24.3 Å². The standard InChI is InChI=1S/C15H22N2O3/c18-11-12-1-3-13(4-2-12)17-15(19)7-10-20-14-5-8-16-9-6-14/h1-4,14,16,18H,5-11H2,(H,17,19). The highest BCUT2D eigenvalue weighted by Gasteiger charge is 2.13. The van der Waals surface area contributed by atoms with Crippen molar-refractivity contribution in [2.75, 3.05) is 25.0 Å². The highest BCUT2D eigenvalue weighted by atomic mass is 16.5. The summed E-state index contributed by atoms with van der Waals surface area (Å²) in [5, 5.41) is 15.0. The number of amides is 1. The third kappa shape index (κ3) is 4.92. The predicted octanol–water partition coefficient (Wildman–Crippen LogP) is 1.28. The van der Waals surface area contributed by atoms with E-state index >= 15 is 0 Å². The summed E-state index contributed by atoms with van der Waals surface area (Å²) < 4.78 is 5.69. The molecule has 1 aliphatic rings. The zero-order valence-electron chi connectivity index (χ0n) is 11.6. The molecule has 20 heavy (non-hydrogen) atoms. The molecule has 2 rings (SSSR count). The monoisotopic (exact) mass is 278 g/mol. The zero-order chi connectivity index (χ0) is 14.2. The minimum atomic E-state index is -0.0457. The lowest BCUT2D eigenvalue weighted by molar-refractivity contribution is -0.117. The predicted molar refractivity (Wildman–Crippen MR) is 77.5 cm³/mol. The number of anilines is 1. The van der Waals surface area contributed by atoms with Crippen LogP contribution < -0.4 is 10.6 Å². The number of aliphatic hydroxyl groups excluding tert-OH is 1. The number of hydrogen-bond acceptors (Lipinski definition) is 4. The van der Waals surface area contributed by atoms with Gasteiger partial charge in [-0.15, -0.1) is 0 Å². The SMILES string of the molecule is O=C(CCOC1CCNCC1)Nc1ccc(CO)cc1. The van der Waals surface area contributed by atoms with Gasteiger partial charge < -0.3 is 20.5 Å². The Morgan fingerprint density at radius 3 is 2.65 bits per heavy atom. The average Bonchev–Trinajstić information content (AvgIpc) is 2.49. The highest BCUT2D eigenvalue weighted by Crippen LogP contribution is 2.11. The second-order valence-corrected chi connectivity index (χ2v) is 4.97. The van der Waals surface area contributed by atoms with Crippen LogP contribution in [-0.4, -0.2) is 36.8 Å². The number of carbonyl (C=O) groups is 1. The maximum atomic E-state index is 11.8. The Morgan fingerprint density at radius 1 is 1.30 bits per heavy atom. The quantitative estimate of drug-likeness (QED) is 0.733. The molecule has 1 heterocycles. The van der Waals surface area contributed by atoms with Crippen LogP contribution in [0.3, 0.4) is 0 Å². The van der Waals surface area contributed by atoms with Gasteiger partial charge in [-0.1, -0.05) is 12.1 Å². The van der Waals surface area contributed by atoms with Crippen LogP contribution in [0.4, 0.5) is 5.69 Å². The summed E-state index contributed by atoms with van der Waals surface area (Å²) in [5.74, 6) is -0.0457. The molecule has 0 bridgehead atoms. The molecule has 5 nitrogen and oxygen atoms in total. The molecule has 0 saturated carbocycles. The minimum Gasteiger partial charge on any atom is -0.392 e. The molecule has 1 fully saturated rings. The van der Waals surface area contributed by atoms with Gasteiger partial charge in [-0.25, -0.2) is 0 Å². The maximum absolute atomic E-state index is 11.8. The topological polar surface area (TPSA) is 70.6 Å². The van der Waals surface area contributed by atoms with E-state index in [0.717, 1.165) is 37.2 Å². The van der Waals surface area contributed by atoms with Crippen molar-refractivity contribution in [3.05, 3.63) is 29.8 Å². The van der Waals surface area contributed by atoms with Crippen LogP contribution in [0.25, 0.3) is 0 Å². The maximum Gasteiger partial charge on any atom is 0.226 e. The summed E-state index contributed by atoms with van der Waals surface area (Å²) in [4.78, 5) is 11.8. The fourth-order valence-electron chi connectivity index (χ4n) is 2.20. The Kier molecular flexibility index (Phi) is 5.98. The first-order valence-corrected chi connectivity index (χ1v) is 7.10. The van der Waals surface area contributed by atoms with Gasteiger partial charge in [-0.2, -0.15) is 0 Å². The summed E-state index contributed by atoms with van der Waals surface area (Å²) in [7, 11) is 0. The lowest BCUT2D eigenvalue weighted by Crippen LogP contribution is -2.33. The second kappa shape index (κ2) is 7.99. The van der Waals surface area contributed by atoms with Crippen LogP contribution in [0.1, 0.15) is 24.8 Å².